The lowest BCUT2D eigenvalue weighted by atomic mass is 10.1. The number of hydrogen-bond acceptors (Lipinski definition) is 3. The van der Waals surface area contributed by atoms with E-state index in [1.165, 1.54) is 38.8 Å². The van der Waals surface area contributed by atoms with E-state index in [2.05, 4.69) is 17.1 Å². The number of nitrogens with two attached hydrogens (primary N) is 1. The van der Waals surface area contributed by atoms with Crippen LogP contribution in [0.3, 0.4) is 0 Å². The Kier molecular flexibility index (Phi) is 4.40. The van der Waals surface area contributed by atoms with Crippen molar-refractivity contribution in [2.75, 3.05) is 19.6 Å². The van der Waals surface area contributed by atoms with Crippen LogP contribution in [-0.2, 0) is 4.79 Å². The summed E-state index contributed by atoms with van der Waals surface area (Å²) < 4.78 is 0. The summed E-state index contributed by atoms with van der Waals surface area (Å²) in [5, 5.41) is 3.34. The highest BCUT2D eigenvalue weighted by molar-refractivity contribution is 5.79. The topological polar surface area (TPSA) is 58.4 Å². The van der Waals surface area contributed by atoms with Crippen molar-refractivity contribution in [3.05, 3.63) is 0 Å². The summed E-state index contributed by atoms with van der Waals surface area (Å²) in [5.74, 6) is 0.668. The Labute approximate surface area is 104 Å². The van der Waals surface area contributed by atoms with E-state index in [1.807, 2.05) is 0 Å². The molecule has 3 N–H and O–H groups in total. The second-order valence-corrected chi connectivity index (χ2v) is 5.55. The molecule has 2 aliphatic rings. The fourth-order valence-corrected chi connectivity index (χ4v) is 2.60. The smallest absolute Gasteiger partial charge is 0.234 e. The van der Waals surface area contributed by atoms with Gasteiger partial charge in [0, 0.05) is 19.1 Å². The van der Waals surface area contributed by atoms with Gasteiger partial charge in [0.15, 0.2) is 0 Å². The second-order valence-electron chi connectivity index (χ2n) is 5.55. The van der Waals surface area contributed by atoms with Crippen LogP contribution in [0.2, 0.25) is 0 Å². The SMILES string of the molecule is CCC1CCN(CCC(NC2CC2)C(N)=O)C1. The summed E-state index contributed by atoms with van der Waals surface area (Å²) >= 11 is 0. The molecule has 98 valence electrons. The van der Waals surface area contributed by atoms with Crippen molar-refractivity contribution >= 4 is 5.91 Å². The number of nitrogens with one attached hydrogen (secondary N) is 1. The van der Waals surface area contributed by atoms with Crippen LogP contribution in [0, 0.1) is 5.92 Å². The lowest BCUT2D eigenvalue weighted by Gasteiger charge is -2.20. The zero-order valence-corrected chi connectivity index (χ0v) is 10.8. The van der Waals surface area contributed by atoms with Gasteiger partial charge in [0.1, 0.15) is 0 Å². The van der Waals surface area contributed by atoms with E-state index in [0.717, 1.165) is 18.9 Å². The highest BCUT2D eigenvalue weighted by Crippen LogP contribution is 2.21. The normalized spacial score (nSPS) is 27.2. The number of carbonyl (C=O) groups excluding carboxylic acids is 1. The summed E-state index contributed by atoms with van der Waals surface area (Å²) in [6.07, 6.45) is 5.85. The van der Waals surface area contributed by atoms with Gasteiger partial charge >= 0.3 is 0 Å². The molecule has 0 spiro atoms. The average molecular weight is 239 g/mol. The number of likely N-dealkylation sites (tertiary alicyclic amines) is 1. The first-order valence-electron chi connectivity index (χ1n) is 6.96. The van der Waals surface area contributed by atoms with Crippen LogP contribution in [0.25, 0.3) is 0 Å². The Hall–Kier alpha value is -0.610. The quantitative estimate of drug-likeness (QED) is 0.688. The highest BCUT2D eigenvalue weighted by atomic mass is 16.1. The molecule has 4 heteroatoms. The minimum atomic E-state index is -0.192. The number of hydrogen-bond donors (Lipinski definition) is 2. The lowest BCUT2D eigenvalue weighted by molar-refractivity contribution is -0.120. The van der Waals surface area contributed by atoms with Crippen molar-refractivity contribution in [1.82, 2.24) is 10.2 Å². The zero-order chi connectivity index (χ0) is 12.3. The standard InChI is InChI=1S/C13H25N3O/c1-2-10-5-7-16(9-10)8-6-12(13(14)17)15-11-3-4-11/h10-12,15H,2-9H2,1H3,(H2,14,17). The maximum Gasteiger partial charge on any atom is 0.234 e. The van der Waals surface area contributed by atoms with Crippen LogP contribution in [-0.4, -0.2) is 42.5 Å². The summed E-state index contributed by atoms with van der Waals surface area (Å²) in [5.41, 5.74) is 5.43. The molecule has 2 atom stereocenters. The molecule has 0 aromatic carbocycles. The van der Waals surface area contributed by atoms with Crippen LogP contribution in [0.15, 0.2) is 0 Å². The zero-order valence-electron chi connectivity index (χ0n) is 10.8. The highest BCUT2D eigenvalue weighted by Gasteiger charge is 2.28. The fourth-order valence-electron chi connectivity index (χ4n) is 2.60. The number of amides is 1. The van der Waals surface area contributed by atoms with Gasteiger partial charge in [-0.05, 0) is 38.1 Å². The molecular formula is C13H25N3O. The van der Waals surface area contributed by atoms with E-state index >= 15 is 0 Å². The largest absolute Gasteiger partial charge is 0.368 e. The van der Waals surface area contributed by atoms with E-state index in [-0.39, 0.29) is 11.9 Å². The molecule has 0 aromatic heterocycles. The first kappa shape index (κ1) is 12.8. The van der Waals surface area contributed by atoms with Crippen molar-refractivity contribution in [2.45, 2.75) is 51.1 Å². The Morgan fingerprint density at radius 3 is 2.76 bits per heavy atom. The minimum Gasteiger partial charge on any atom is -0.368 e. The third kappa shape index (κ3) is 3.96. The van der Waals surface area contributed by atoms with Gasteiger partial charge in [-0.1, -0.05) is 13.3 Å². The molecule has 1 heterocycles. The summed E-state index contributed by atoms with van der Waals surface area (Å²) in [6, 6.07) is 0.428. The van der Waals surface area contributed by atoms with Crippen molar-refractivity contribution < 1.29 is 4.79 Å². The summed E-state index contributed by atoms with van der Waals surface area (Å²) in [7, 11) is 0. The van der Waals surface area contributed by atoms with Crippen molar-refractivity contribution in [3.63, 3.8) is 0 Å². The van der Waals surface area contributed by atoms with E-state index in [1.54, 1.807) is 0 Å². The van der Waals surface area contributed by atoms with Crippen LogP contribution in [0.1, 0.15) is 39.0 Å². The number of primary amides is 1. The monoisotopic (exact) mass is 239 g/mol. The Morgan fingerprint density at radius 2 is 2.24 bits per heavy atom. The predicted molar refractivity (Wildman–Crippen MR) is 68.6 cm³/mol. The first-order chi connectivity index (χ1) is 8.19. The van der Waals surface area contributed by atoms with Crippen LogP contribution >= 0.6 is 0 Å². The van der Waals surface area contributed by atoms with Gasteiger partial charge in [0.05, 0.1) is 6.04 Å². The van der Waals surface area contributed by atoms with Crippen LogP contribution < -0.4 is 11.1 Å². The molecule has 1 aliphatic heterocycles. The van der Waals surface area contributed by atoms with Gasteiger partial charge in [-0.3, -0.25) is 4.79 Å². The van der Waals surface area contributed by atoms with Crippen molar-refractivity contribution in [1.29, 1.82) is 0 Å². The molecule has 2 fully saturated rings. The molecule has 2 rings (SSSR count). The third-order valence-corrected chi connectivity index (χ3v) is 4.04. The molecule has 1 aliphatic carbocycles. The van der Waals surface area contributed by atoms with Gasteiger partial charge < -0.3 is 16.0 Å². The molecule has 0 aromatic rings. The van der Waals surface area contributed by atoms with Crippen LogP contribution in [0.4, 0.5) is 0 Å². The number of nitrogens with zero attached hydrogens (tertiary/aromatic N) is 1. The van der Waals surface area contributed by atoms with Gasteiger partial charge in [0.2, 0.25) is 5.91 Å². The summed E-state index contributed by atoms with van der Waals surface area (Å²) in [4.78, 5) is 13.8. The molecule has 0 bridgehead atoms. The first-order valence-corrected chi connectivity index (χ1v) is 6.96. The molecule has 1 amide bonds. The fraction of sp³-hybridized carbons (Fsp3) is 0.923. The van der Waals surface area contributed by atoms with Gasteiger partial charge in [-0.15, -0.1) is 0 Å². The van der Waals surface area contributed by atoms with Gasteiger partial charge in [0.25, 0.3) is 0 Å². The molecule has 1 saturated carbocycles. The maximum atomic E-state index is 11.3. The van der Waals surface area contributed by atoms with E-state index in [0.29, 0.717) is 6.04 Å². The third-order valence-electron chi connectivity index (χ3n) is 4.04. The van der Waals surface area contributed by atoms with Crippen LogP contribution in [0.5, 0.6) is 0 Å². The number of rotatable bonds is 7. The van der Waals surface area contributed by atoms with Gasteiger partial charge in [-0.2, -0.15) is 0 Å². The Morgan fingerprint density at radius 1 is 1.47 bits per heavy atom. The second kappa shape index (κ2) is 5.83. The molecule has 4 nitrogen and oxygen atoms in total. The molecule has 1 saturated heterocycles. The van der Waals surface area contributed by atoms with E-state index in [9.17, 15) is 4.79 Å². The Bertz CT molecular complexity index is 265. The molecule has 2 unspecified atom stereocenters. The Balaban J connectivity index is 1.69. The summed E-state index contributed by atoms with van der Waals surface area (Å²) in [6.45, 7) is 5.65. The lowest BCUT2D eigenvalue weighted by Crippen LogP contribution is -2.44. The molecule has 17 heavy (non-hydrogen) atoms. The molecule has 0 radical (unpaired) electrons. The van der Waals surface area contributed by atoms with Crippen molar-refractivity contribution in [3.8, 4) is 0 Å². The predicted octanol–water partition coefficient (Wildman–Crippen LogP) is 0.714. The van der Waals surface area contributed by atoms with E-state index in [4.69, 9.17) is 5.73 Å². The molecular weight excluding hydrogens is 214 g/mol. The van der Waals surface area contributed by atoms with Gasteiger partial charge in [-0.25, -0.2) is 0 Å². The minimum absolute atomic E-state index is 0.122. The average Bonchev–Trinajstić information content (AvgIpc) is 3.01. The van der Waals surface area contributed by atoms with Crippen molar-refractivity contribution in [2.24, 2.45) is 11.7 Å². The van der Waals surface area contributed by atoms with E-state index < -0.39 is 0 Å². The maximum absolute atomic E-state index is 11.3. The number of carbonyl (C=O) groups is 1.